The highest BCUT2D eigenvalue weighted by Gasteiger charge is 2.28. The van der Waals surface area contributed by atoms with Crippen molar-refractivity contribution in [1.82, 2.24) is 9.97 Å². The zero-order valence-corrected chi connectivity index (χ0v) is 11.6. The molecule has 0 saturated heterocycles. The highest BCUT2D eigenvalue weighted by Crippen LogP contribution is 2.33. The fraction of sp³-hybridized carbons (Fsp3) is 0.267. The van der Waals surface area contributed by atoms with Crippen molar-refractivity contribution in [3.05, 3.63) is 53.1 Å². The van der Waals surface area contributed by atoms with Crippen LogP contribution >= 0.6 is 0 Å². The van der Waals surface area contributed by atoms with Gasteiger partial charge in [-0.1, -0.05) is 23.4 Å². The van der Waals surface area contributed by atoms with Gasteiger partial charge in [0.25, 0.3) is 0 Å². The Morgan fingerprint density at radius 3 is 2.90 bits per heavy atom. The number of hydrogen-bond acceptors (Lipinski definition) is 5. The van der Waals surface area contributed by atoms with Gasteiger partial charge in [0.1, 0.15) is 12.9 Å². The lowest BCUT2D eigenvalue weighted by Gasteiger charge is -2.25. The highest BCUT2D eigenvalue weighted by molar-refractivity contribution is 6.02. The van der Waals surface area contributed by atoms with Gasteiger partial charge >= 0.3 is 0 Å². The summed E-state index contributed by atoms with van der Waals surface area (Å²) in [6.45, 7) is 0. The number of fused-ring (bicyclic) bond motifs is 1. The van der Waals surface area contributed by atoms with Gasteiger partial charge in [-0.05, 0) is 24.0 Å². The number of anilines is 1. The number of rotatable bonds is 2. The molecule has 2 aromatic rings. The van der Waals surface area contributed by atoms with E-state index in [1.54, 1.807) is 18.3 Å². The molecule has 1 atom stereocenters. The molecule has 1 aliphatic rings. The largest absolute Gasteiger partial charge is 0.399 e. The Hall–Kier alpha value is -2.50. The molecule has 108 valence electrons. The first-order valence-electron chi connectivity index (χ1n) is 6.65. The Morgan fingerprint density at radius 2 is 2.14 bits per heavy atom. The van der Waals surface area contributed by atoms with E-state index in [1.807, 2.05) is 6.07 Å². The average molecular weight is 286 g/mol. The number of oxime groups is 1. The van der Waals surface area contributed by atoms with Crippen LogP contribution in [0.3, 0.4) is 0 Å². The number of nitrogens with two attached hydrogens (primary N) is 1. The number of halogens is 1. The van der Waals surface area contributed by atoms with E-state index >= 15 is 0 Å². The molecule has 0 radical (unpaired) electrons. The first-order chi connectivity index (χ1) is 10.2. The number of aromatic nitrogens is 2. The number of benzene rings is 1. The summed E-state index contributed by atoms with van der Waals surface area (Å²) in [6.07, 6.45) is 2.83. The van der Waals surface area contributed by atoms with E-state index in [0.717, 1.165) is 11.3 Å². The first kappa shape index (κ1) is 13.5. The molecule has 0 bridgehead atoms. The van der Waals surface area contributed by atoms with Crippen molar-refractivity contribution in [1.29, 1.82) is 0 Å². The van der Waals surface area contributed by atoms with Crippen LogP contribution in [0.5, 0.6) is 0 Å². The fourth-order valence-electron chi connectivity index (χ4n) is 2.70. The summed E-state index contributed by atoms with van der Waals surface area (Å²) in [7, 11) is 1.48. The molecule has 0 fully saturated rings. The Balaban J connectivity index is 2.05. The maximum Gasteiger partial charge on any atom is 0.220 e. The van der Waals surface area contributed by atoms with Gasteiger partial charge in [-0.25, -0.2) is 14.4 Å². The molecule has 1 heterocycles. The van der Waals surface area contributed by atoms with Gasteiger partial charge in [-0.3, -0.25) is 0 Å². The molecule has 6 heteroatoms. The molecule has 1 aromatic carbocycles. The van der Waals surface area contributed by atoms with Gasteiger partial charge in [0.05, 0.1) is 11.4 Å². The van der Waals surface area contributed by atoms with Crippen LogP contribution in [0.15, 0.2) is 35.6 Å². The van der Waals surface area contributed by atoms with Crippen LogP contribution in [-0.2, 0) is 11.3 Å². The molecule has 1 aliphatic carbocycles. The molecule has 3 rings (SSSR count). The average Bonchev–Trinajstić information content (AvgIpc) is 2.47. The van der Waals surface area contributed by atoms with Crippen molar-refractivity contribution in [3.63, 3.8) is 0 Å². The standard InChI is InChI=1S/C15H15FN4O/c1-21-20-14-7-9(10-4-2-3-5-12(10)16)6-13-11(14)8-18-15(17)19-13/h2-5,8-9H,6-7H2,1H3,(H2,17,18,19)/b20-14+. The molecule has 5 nitrogen and oxygen atoms in total. The van der Waals surface area contributed by atoms with Gasteiger partial charge in [0, 0.05) is 18.2 Å². The third-order valence-corrected chi connectivity index (χ3v) is 3.62. The van der Waals surface area contributed by atoms with E-state index in [0.29, 0.717) is 24.1 Å². The third-order valence-electron chi connectivity index (χ3n) is 3.62. The number of hydrogen-bond donors (Lipinski definition) is 1. The van der Waals surface area contributed by atoms with E-state index in [4.69, 9.17) is 10.6 Å². The molecular formula is C15H15FN4O. The second-order valence-electron chi connectivity index (χ2n) is 4.94. The Kier molecular flexibility index (Phi) is 3.51. The summed E-state index contributed by atoms with van der Waals surface area (Å²) in [6, 6.07) is 6.77. The molecular weight excluding hydrogens is 271 g/mol. The SMILES string of the molecule is CO/N=C1\CC(c2ccccc2F)Cc2nc(N)ncc21. The quantitative estimate of drug-likeness (QED) is 0.859. The summed E-state index contributed by atoms with van der Waals surface area (Å²) in [4.78, 5) is 13.1. The van der Waals surface area contributed by atoms with Crippen LogP contribution in [0.1, 0.15) is 29.2 Å². The maximum atomic E-state index is 14.0. The second kappa shape index (κ2) is 5.47. The van der Waals surface area contributed by atoms with Crippen LogP contribution in [0.25, 0.3) is 0 Å². The molecule has 0 saturated carbocycles. The molecule has 1 unspecified atom stereocenters. The zero-order chi connectivity index (χ0) is 14.8. The summed E-state index contributed by atoms with van der Waals surface area (Å²) in [5.74, 6) is -0.0497. The van der Waals surface area contributed by atoms with Gasteiger partial charge < -0.3 is 10.6 Å². The minimum atomic E-state index is -0.218. The minimum absolute atomic E-state index is 0.0399. The lowest BCUT2D eigenvalue weighted by molar-refractivity contribution is 0.212. The van der Waals surface area contributed by atoms with Crippen LogP contribution in [-0.4, -0.2) is 22.8 Å². The minimum Gasteiger partial charge on any atom is -0.399 e. The molecule has 2 N–H and O–H groups in total. The van der Waals surface area contributed by atoms with Gasteiger partial charge in [0.15, 0.2) is 0 Å². The van der Waals surface area contributed by atoms with Crippen LogP contribution in [0, 0.1) is 5.82 Å². The second-order valence-corrected chi connectivity index (χ2v) is 4.94. The topological polar surface area (TPSA) is 73.4 Å². The predicted octanol–water partition coefficient (Wildman–Crippen LogP) is 2.28. The Labute approximate surface area is 121 Å². The van der Waals surface area contributed by atoms with Crippen LogP contribution in [0.4, 0.5) is 10.3 Å². The van der Waals surface area contributed by atoms with Crippen molar-refractivity contribution in [2.45, 2.75) is 18.8 Å². The van der Waals surface area contributed by atoms with E-state index in [-0.39, 0.29) is 17.7 Å². The normalized spacial score (nSPS) is 19.3. The predicted molar refractivity (Wildman–Crippen MR) is 77.5 cm³/mol. The molecule has 21 heavy (non-hydrogen) atoms. The molecule has 1 aromatic heterocycles. The highest BCUT2D eigenvalue weighted by atomic mass is 19.1. The van der Waals surface area contributed by atoms with Crippen molar-refractivity contribution >= 4 is 11.7 Å². The first-order valence-corrected chi connectivity index (χ1v) is 6.65. The third kappa shape index (κ3) is 2.56. The Bertz CT molecular complexity index is 702. The number of nitrogens with zero attached hydrogens (tertiary/aromatic N) is 3. The van der Waals surface area contributed by atoms with E-state index < -0.39 is 0 Å². The van der Waals surface area contributed by atoms with Crippen LogP contribution in [0.2, 0.25) is 0 Å². The van der Waals surface area contributed by atoms with Gasteiger partial charge in [-0.15, -0.1) is 0 Å². The molecule has 0 amide bonds. The molecule has 0 aliphatic heterocycles. The molecule has 0 spiro atoms. The summed E-state index contributed by atoms with van der Waals surface area (Å²) in [5, 5.41) is 4.03. The maximum absolute atomic E-state index is 14.0. The van der Waals surface area contributed by atoms with Gasteiger partial charge in [0.2, 0.25) is 5.95 Å². The summed E-state index contributed by atoms with van der Waals surface area (Å²) in [5.41, 5.74) is 8.61. The fourth-order valence-corrected chi connectivity index (χ4v) is 2.70. The van der Waals surface area contributed by atoms with E-state index in [9.17, 15) is 4.39 Å². The Morgan fingerprint density at radius 1 is 1.33 bits per heavy atom. The van der Waals surface area contributed by atoms with E-state index in [2.05, 4.69) is 15.1 Å². The van der Waals surface area contributed by atoms with Crippen LogP contribution < -0.4 is 5.73 Å². The number of nitrogen functional groups attached to an aromatic ring is 1. The van der Waals surface area contributed by atoms with Crippen molar-refractivity contribution in [2.75, 3.05) is 12.8 Å². The van der Waals surface area contributed by atoms with Gasteiger partial charge in [-0.2, -0.15) is 0 Å². The lowest BCUT2D eigenvalue weighted by atomic mass is 9.81. The van der Waals surface area contributed by atoms with Crippen molar-refractivity contribution in [2.24, 2.45) is 5.16 Å². The summed E-state index contributed by atoms with van der Waals surface area (Å²) < 4.78 is 14.0. The zero-order valence-electron chi connectivity index (χ0n) is 11.6. The summed E-state index contributed by atoms with van der Waals surface area (Å²) >= 11 is 0. The van der Waals surface area contributed by atoms with Crippen molar-refractivity contribution < 1.29 is 9.23 Å². The smallest absolute Gasteiger partial charge is 0.220 e. The lowest BCUT2D eigenvalue weighted by Crippen LogP contribution is -2.22. The van der Waals surface area contributed by atoms with E-state index in [1.165, 1.54) is 13.2 Å². The van der Waals surface area contributed by atoms with Crippen molar-refractivity contribution in [3.8, 4) is 0 Å². The monoisotopic (exact) mass is 286 g/mol.